The van der Waals surface area contributed by atoms with Crippen molar-refractivity contribution in [2.75, 3.05) is 7.11 Å². The first-order chi connectivity index (χ1) is 11.9. The lowest BCUT2D eigenvalue weighted by Crippen LogP contribution is -2.28. The Kier molecular flexibility index (Phi) is 5.28. The molecule has 0 fully saturated rings. The van der Waals surface area contributed by atoms with E-state index in [1.807, 2.05) is 13.0 Å². The van der Waals surface area contributed by atoms with Crippen LogP contribution in [0.3, 0.4) is 0 Å². The number of methoxy groups -OCH3 is 1. The second-order valence-corrected chi connectivity index (χ2v) is 5.80. The van der Waals surface area contributed by atoms with Gasteiger partial charge < -0.3 is 9.84 Å². The van der Waals surface area contributed by atoms with Gasteiger partial charge in [-0.2, -0.15) is 5.26 Å². The number of carbonyl (C=O) groups excluding carboxylic acids is 1. The molecule has 0 bridgehead atoms. The molecule has 1 atom stereocenters. The molecule has 25 heavy (non-hydrogen) atoms. The number of hydrogen-bond acceptors (Lipinski definition) is 5. The Balaban J connectivity index is 2.78. The van der Waals surface area contributed by atoms with Gasteiger partial charge in [-0.3, -0.25) is 14.2 Å². The summed E-state index contributed by atoms with van der Waals surface area (Å²) >= 11 is 0. The minimum absolute atomic E-state index is 0.0373. The molecule has 2 aromatic rings. The van der Waals surface area contributed by atoms with E-state index < -0.39 is 17.2 Å². The van der Waals surface area contributed by atoms with Gasteiger partial charge in [-0.15, -0.1) is 0 Å². The molecule has 0 aliphatic rings. The predicted molar refractivity (Wildman–Crippen MR) is 93.2 cm³/mol. The first kappa shape index (κ1) is 18.3. The molecule has 2 rings (SSSR count). The molecule has 0 saturated heterocycles. The van der Waals surface area contributed by atoms with E-state index in [0.717, 1.165) is 4.57 Å². The number of aromatic nitrogens is 1. The van der Waals surface area contributed by atoms with Crippen LogP contribution < -0.4 is 10.3 Å². The van der Waals surface area contributed by atoms with Crippen LogP contribution in [0.25, 0.3) is 0 Å². The number of hydrogen-bond donors (Lipinski definition) is 1. The maximum atomic E-state index is 13.0. The molecule has 0 radical (unpaired) electrons. The summed E-state index contributed by atoms with van der Waals surface area (Å²) in [5.74, 6) is -0.384. The Bertz CT molecular complexity index is 922. The van der Waals surface area contributed by atoms with Gasteiger partial charge in [-0.25, -0.2) is 0 Å². The smallest absolute Gasteiger partial charge is 0.271 e. The van der Waals surface area contributed by atoms with Crippen LogP contribution in [0.15, 0.2) is 29.1 Å². The number of carbonyl (C=O) groups is 1. The summed E-state index contributed by atoms with van der Waals surface area (Å²) in [6.45, 7) is 5.09. The van der Waals surface area contributed by atoms with Crippen molar-refractivity contribution in [1.29, 1.82) is 5.26 Å². The summed E-state index contributed by atoms with van der Waals surface area (Å²) in [6.07, 6.45) is 0.564. The standard InChI is InChI=1S/C19H20N2O4/c1-5-11(2)21-18(23)15(10-20)12(3)16(19(21)24)17(22)13-7-6-8-14(9-13)25-4/h6-9,11,24H,5H2,1-4H3. The van der Waals surface area contributed by atoms with Crippen LogP contribution in [0.4, 0.5) is 0 Å². The zero-order chi connectivity index (χ0) is 18.7. The molecule has 1 N–H and O–H groups in total. The summed E-state index contributed by atoms with van der Waals surface area (Å²) in [7, 11) is 1.49. The number of pyridine rings is 1. The van der Waals surface area contributed by atoms with Gasteiger partial charge in [0.15, 0.2) is 5.78 Å². The van der Waals surface area contributed by atoms with Crippen molar-refractivity contribution >= 4 is 5.78 Å². The lowest BCUT2D eigenvalue weighted by Gasteiger charge is -2.19. The Morgan fingerprint density at radius 2 is 2.12 bits per heavy atom. The Hall–Kier alpha value is -3.07. The molecule has 1 unspecified atom stereocenters. The summed E-state index contributed by atoms with van der Waals surface area (Å²) in [5, 5.41) is 20.0. The van der Waals surface area contributed by atoms with Gasteiger partial charge in [-0.1, -0.05) is 19.1 Å². The van der Waals surface area contributed by atoms with Crippen LogP contribution in [0.2, 0.25) is 0 Å². The summed E-state index contributed by atoms with van der Waals surface area (Å²) < 4.78 is 6.23. The maximum absolute atomic E-state index is 13.0. The molecule has 0 amide bonds. The number of ketones is 1. The zero-order valence-corrected chi connectivity index (χ0v) is 14.7. The second kappa shape index (κ2) is 7.22. The molecule has 1 heterocycles. The monoisotopic (exact) mass is 340 g/mol. The van der Waals surface area contributed by atoms with Crippen molar-refractivity contribution in [1.82, 2.24) is 4.57 Å². The largest absolute Gasteiger partial charge is 0.497 e. The highest BCUT2D eigenvalue weighted by Crippen LogP contribution is 2.28. The third-order valence-electron chi connectivity index (χ3n) is 4.34. The van der Waals surface area contributed by atoms with E-state index in [2.05, 4.69) is 0 Å². The highest BCUT2D eigenvalue weighted by Gasteiger charge is 2.26. The summed E-state index contributed by atoms with van der Waals surface area (Å²) in [4.78, 5) is 25.5. The van der Waals surface area contributed by atoms with Gasteiger partial charge in [-0.05, 0) is 38.0 Å². The SMILES string of the molecule is CCC(C)n1c(O)c(C(=O)c2cccc(OC)c2)c(C)c(C#N)c1=O. The highest BCUT2D eigenvalue weighted by molar-refractivity contribution is 6.11. The average molecular weight is 340 g/mol. The number of ether oxygens (including phenoxy) is 1. The molecule has 6 heteroatoms. The van der Waals surface area contributed by atoms with Crippen LogP contribution in [-0.4, -0.2) is 22.6 Å². The fourth-order valence-electron chi connectivity index (χ4n) is 2.69. The topological polar surface area (TPSA) is 92.3 Å². The number of nitriles is 1. The van der Waals surface area contributed by atoms with Crippen molar-refractivity contribution in [2.24, 2.45) is 0 Å². The molecule has 1 aromatic heterocycles. The second-order valence-electron chi connectivity index (χ2n) is 5.80. The van der Waals surface area contributed by atoms with Crippen LogP contribution >= 0.6 is 0 Å². The predicted octanol–water partition coefficient (Wildman–Crippen LogP) is 2.94. The van der Waals surface area contributed by atoms with Crippen molar-refractivity contribution in [3.05, 3.63) is 56.9 Å². The van der Waals surface area contributed by atoms with Gasteiger partial charge in [0.05, 0.1) is 12.7 Å². The minimum Gasteiger partial charge on any atom is -0.497 e. The van der Waals surface area contributed by atoms with Gasteiger partial charge in [0.25, 0.3) is 5.56 Å². The van der Waals surface area contributed by atoms with Crippen molar-refractivity contribution < 1.29 is 14.6 Å². The van der Waals surface area contributed by atoms with Gasteiger partial charge in [0, 0.05) is 11.6 Å². The van der Waals surface area contributed by atoms with Crippen molar-refractivity contribution in [3.63, 3.8) is 0 Å². The average Bonchev–Trinajstić information content (AvgIpc) is 2.61. The number of benzene rings is 1. The maximum Gasteiger partial charge on any atom is 0.271 e. The van der Waals surface area contributed by atoms with E-state index in [1.165, 1.54) is 14.0 Å². The quantitative estimate of drug-likeness (QED) is 0.845. The minimum atomic E-state index is -0.589. The number of rotatable bonds is 5. The van der Waals surface area contributed by atoms with Gasteiger partial charge in [0.2, 0.25) is 5.88 Å². The van der Waals surface area contributed by atoms with Crippen LogP contribution in [0, 0.1) is 18.3 Å². The molecule has 0 aliphatic heterocycles. The molecular weight excluding hydrogens is 320 g/mol. The normalized spacial score (nSPS) is 11.6. The molecule has 0 saturated carbocycles. The fraction of sp³-hybridized carbons (Fsp3) is 0.316. The van der Waals surface area contributed by atoms with E-state index in [1.54, 1.807) is 31.2 Å². The van der Waals surface area contributed by atoms with Crippen molar-refractivity contribution in [3.8, 4) is 17.7 Å². The molecule has 130 valence electrons. The molecule has 0 spiro atoms. The van der Waals surface area contributed by atoms with Crippen LogP contribution in [0.1, 0.15) is 53.4 Å². The van der Waals surface area contributed by atoms with E-state index in [-0.39, 0.29) is 22.7 Å². The highest BCUT2D eigenvalue weighted by atomic mass is 16.5. The third-order valence-corrected chi connectivity index (χ3v) is 4.34. The third kappa shape index (κ3) is 3.13. The lowest BCUT2D eigenvalue weighted by molar-refractivity contribution is 0.103. The fourth-order valence-corrected chi connectivity index (χ4v) is 2.69. The first-order valence-electron chi connectivity index (χ1n) is 7.94. The Morgan fingerprint density at radius 3 is 2.68 bits per heavy atom. The first-order valence-corrected chi connectivity index (χ1v) is 7.94. The zero-order valence-electron chi connectivity index (χ0n) is 14.7. The Morgan fingerprint density at radius 1 is 1.44 bits per heavy atom. The van der Waals surface area contributed by atoms with Crippen LogP contribution in [-0.2, 0) is 0 Å². The van der Waals surface area contributed by atoms with E-state index >= 15 is 0 Å². The molecule has 6 nitrogen and oxygen atoms in total. The summed E-state index contributed by atoms with van der Waals surface area (Å²) in [5.41, 5.74) is -0.281. The summed E-state index contributed by atoms with van der Waals surface area (Å²) in [6, 6.07) is 8.01. The number of aromatic hydroxyl groups is 1. The lowest BCUT2D eigenvalue weighted by atomic mass is 9.96. The molecular formula is C19H20N2O4. The van der Waals surface area contributed by atoms with Gasteiger partial charge >= 0.3 is 0 Å². The van der Waals surface area contributed by atoms with Crippen LogP contribution in [0.5, 0.6) is 11.6 Å². The van der Waals surface area contributed by atoms with Crippen molar-refractivity contribution in [2.45, 2.75) is 33.2 Å². The molecule has 1 aromatic carbocycles. The van der Waals surface area contributed by atoms with Gasteiger partial charge in [0.1, 0.15) is 17.4 Å². The number of nitrogens with zero attached hydrogens (tertiary/aromatic N) is 2. The molecule has 0 aliphatic carbocycles. The van der Waals surface area contributed by atoms with E-state index in [4.69, 9.17) is 4.74 Å². The van der Waals surface area contributed by atoms with E-state index in [0.29, 0.717) is 17.7 Å². The van der Waals surface area contributed by atoms with E-state index in [9.17, 15) is 20.0 Å². The Labute approximate surface area is 145 Å².